The van der Waals surface area contributed by atoms with Crippen molar-refractivity contribution in [3.63, 3.8) is 0 Å². The normalized spacial score (nSPS) is 9.35. The van der Waals surface area contributed by atoms with E-state index in [1.807, 2.05) is 0 Å². The minimum absolute atomic E-state index is 0. The molecule has 12 heteroatoms. The van der Waals surface area contributed by atoms with Crippen molar-refractivity contribution in [3.05, 3.63) is 17.2 Å². The Morgan fingerprint density at radius 2 is 1.13 bits per heavy atom. The monoisotopic (exact) mass is 417 g/mol. The van der Waals surface area contributed by atoms with E-state index in [0.29, 0.717) is 0 Å². The Morgan fingerprint density at radius 1 is 0.870 bits per heavy atom. The molecule has 1 atom stereocenters. The summed E-state index contributed by atoms with van der Waals surface area (Å²) in [7, 11) is 0. The van der Waals surface area contributed by atoms with Crippen molar-refractivity contribution in [1.29, 1.82) is 0 Å². The molecule has 0 aromatic rings. The van der Waals surface area contributed by atoms with Gasteiger partial charge in [-0.2, -0.15) is 0 Å². The van der Waals surface area contributed by atoms with Gasteiger partial charge in [0.05, 0.1) is 0 Å². The van der Waals surface area contributed by atoms with Crippen LogP contribution in [0.4, 0.5) is 0 Å². The number of hydrogen-bond donors (Lipinski definition) is 6. The van der Waals surface area contributed by atoms with E-state index in [9.17, 15) is 9.59 Å². The average molecular weight is 419 g/mol. The van der Waals surface area contributed by atoms with Gasteiger partial charge in [0, 0.05) is 26.2 Å². The number of rotatable bonds is 7. The second-order valence-electron chi connectivity index (χ2n) is 3.30. The Kier molecular flexibility index (Phi) is 49.1. The van der Waals surface area contributed by atoms with Crippen molar-refractivity contribution in [2.45, 2.75) is 18.9 Å². The molecule has 0 spiro atoms. The van der Waals surface area contributed by atoms with Gasteiger partial charge in [0.15, 0.2) is 0 Å². The number of carboxylic acids is 2. The van der Waals surface area contributed by atoms with E-state index >= 15 is 0 Å². The van der Waals surface area contributed by atoms with Gasteiger partial charge in [-0.1, -0.05) is 0 Å². The Morgan fingerprint density at radius 3 is 1.26 bits per heavy atom. The zero-order valence-corrected chi connectivity index (χ0v) is 15.3. The van der Waals surface area contributed by atoms with Gasteiger partial charge in [0.1, 0.15) is 6.04 Å². The molecule has 0 saturated heterocycles. The number of aliphatic hydroxyl groups excluding tert-OH is 3. The second kappa shape index (κ2) is 33.2. The molecule has 0 aliphatic rings. The van der Waals surface area contributed by atoms with Crippen molar-refractivity contribution in [1.82, 2.24) is 0 Å². The molecule has 0 unspecified atom stereocenters. The predicted octanol–water partition coefficient (Wildman–Crippen LogP) is -0.647. The molecule has 0 bridgehead atoms. The molecule has 0 amide bonds. The molecule has 10 N–H and O–H groups in total. The number of nitrogens with two attached hydrogens (primary N) is 1. The molecule has 0 heterocycles. The van der Waals surface area contributed by atoms with Crippen LogP contribution >= 0.6 is 0 Å². The van der Waals surface area contributed by atoms with Crippen LogP contribution in [0.25, 0.3) is 17.2 Å². The third-order valence-corrected chi connectivity index (χ3v) is 1.32. The zero-order chi connectivity index (χ0) is 18.4. The Labute approximate surface area is 154 Å². The van der Waals surface area contributed by atoms with Crippen LogP contribution in [0.2, 0.25) is 0 Å². The summed E-state index contributed by atoms with van der Waals surface area (Å²) in [4.78, 5) is 19.9. The number of carbonyl (C=O) groups is 2. The molecule has 0 rings (SSSR count). The predicted molar refractivity (Wildman–Crippen MR) is 81.3 cm³/mol. The first-order chi connectivity index (χ1) is 10.3. The zero-order valence-electron chi connectivity index (χ0n) is 12.9. The summed E-state index contributed by atoms with van der Waals surface area (Å²) in [5, 5.41) is 39.3. The van der Waals surface area contributed by atoms with Crippen molar-refractivity contribution in [3.8, 4) is 0 Å². The van der Waals surface area contributed by atoms with Crippen LogP contribution in [-0.2, 0) is 35.8 Å². The van der Waals surface area contributed by atoms with Gasteiger partial charge in [-0.05, 0) is 6.42 Å². The number of carboxylic acid groups (broad SMARTS) is 2. The van der Waals surface area contributed by atoms with E-state index in [-0.39, 0.29) is 78.5 Å². The average Bonchev–Trinajstić information content (AvgIpc) is 2.52. The topological polar surface area (TPSA) is 233 Å². The Balaban J connectivity index is -0.0000000700. The summed E-state index contributed by atoms with van der Waals surface area (Å²) in [6, 6.07) is -1.06. The van der Waals surface area contributed by atoms with Gasteiger partial charge < -0.3 is 48.5 Å². The van der Waals surface area contributed by atoms with Crippen molar-refractivity contribution in [2.24, 2.45) is 5.73 Å². The van der Waals surface area contributed by atoms with Crippen molar-refractivity contribution >= 4 is 11.9 Å². The van der Waals surface area contributed by atoms with Gasteiger partial charge in [0.25, 0.3) is 0 Å². The van der Waals surface area contributed by atoms with E-state index < -0.39 is 18.0 Å². The van der Waals surface area contributed by atoms with Crippen LogP contribution in [0.15, 0.2) is 0 Å². The molecular weight excluding hydrogens is 391 g/mol. The molecule has 0 fully saturated rings. The molecule has 23 heavy (non-hydrogen) atoms. The summed E-state index contributed by atoms with van der Waals surface area (Å²) < 4.78 is 0. The van der Waals surface area contributed by atoms with Crippen molar-refractivity contribution < 1.29 is 61.3 Å². The largest absolute Gasteiger partial charge is 3.00 e. The maximum absolute atomic E-state index is 9.99. The molecule has 0 aromatic heterocycles. The number of aliphatic carboxylic acids is 2. The minimum Gasteiger partial charge on any atom is -0.676 e. The molecule has 137 valence electrons. The first kappa shape index (κ1) is 34.0. The third kappa shape index (κ3) is 61.8. The van der Waals surface area contributed by atoms with Crippen LogP contribution < -0.4 is 5.73 Å². The maximum Gasteiger partial charge on any atom is 3.00 e. The Bertz CT molecular complexity index is 223. The van der Waals surface area contributed by atoms with Gasteiger partial charge in [-0.25, -0.2) is 0 Å². The van der Waals surface area contributed by atoms with E-state index in [1.165, 1.54) is 0 Å². The third-order valence-electron chi connectivity index (χ3n) is 1.32. The molecule has 0 aromatic carbocycles. The molecular formula is C11H27N4O7Zr. The van der Waals surface area contributed by atoms with Crippen LogP contribution in [0, 0.1) is 0 Å². The van der Waals surface area contributed by atoms with Crippen LogP contribution in [0.5, 0.6) is 0 Å². The summed E-state index contributed by atoms with van der Waals surface area (Å²) in [5.74, 6) is -2.20. The maximum atomic E-state index is 9.99. The smallest absolute Gasteiger partial charge is 0.676 e. The van der Waals surface area contributed by atoms with Crippen LogP contribution in [0.1, 0.15) is 12.8 Å². The van der Waals surface area contributed by atoms with Crippen molar-refractivity contribution in [2.75, 3.05) is 39.5 Å². The summed E-state index contributed by atoms with van der Waals surface area (Å²) in [6.45, 7) is 0.333. The number of aliphatic hydroxyl groups is 3. The quantitative estimate of drug-likeness (QED) is 0.310. The molecule has 0 aliphatic heterocycles. The van der Waals surface area contributed by atoms with Crippen LogP contribution in [0.3, 0.4) is 0 Å². The fourth-order valence-corrected chi connectivity index (χ4v) is 0.402. The Hall–Kier alpha value is -0.457. The van der Waals surface area contributed by atoms with Gasteiger partial charge in [0.2, 0.25) is 0 Å². The molecule has 11 nitrogen and oxygen atoms in total. The first-order valence-electron chi connectivity index (χ1n) is 6.25. The first-order valence-corrected chi connectivity index (χ1v) is 6.25. The fourth-order valence-electron chi connectivity index (χ4n) is 0.402. The summed E-state index contributed by atoms with van der Waals surface area (Å²) >= 11 is 0. The molecule has 0 aliphatic carbocycles. The van der Waals surface area contributed by atoms with E-state index in [2.05, 4.69) is 0 Å². The number of hydrogen-bond acceptors (Lipinski definition) is 6. The van der Waals surface area contributed by atoms with Gasteiger partial charge >= 0.3 is 38.1 Å². The van der Waals surface area contributed by atoms with Gasteiger partial charge in [-0.3, -0.25) is 9.59 Å². The summed E-state index contributed by atoms with van der Waals surface area (Å²) in [5.41, 5.74) is 23.6. The summed E-state index contributed by atoms with van der Waals surface area (Å²) in [6.07, 6.45) is -0.224. The SMILES string of the molecule is N[C@H](CCC(=O)O)C(=O)O.[NH-]CCO.[NH-]CCO.[NH-]CCO.[Zr+3]. The van der Waals surface area contributed by atoms with Gasteiger partial charge in [-0.15, -0.1) is 19.6 Å². The number of nitrogens with one attached hydrogen (secondary N) is 3. The minimum atomic E-state index is -1.17. The van der Waals surface area contributed by atoms with E-state index in [1.54, 1.807) is 0 Å². The van der Waals surface area contributed by atoms with E-state index in [4.69, 9.17) is 48.5 Å². The van der Waals surface area contributed by atoms with E-state index in [0.717, 1.165) is 0 Å². The molecule has 0 saturated carbocycles. The fraction of sp³-hybridized carbons (Fsp3) is 0.818. The second-order valence-corrected chi connectivity index (χ2v) is 3.30. The molecule has 1 radical (unpaired) electrons. The standard InChI is InChI=1S/C5H9NO4.3C2H6NO.Zr/c6-3(5(9)10)1-2-4(7)8;3*3-1-2-4;/h3H,1-2,6H2,(H,7,8)(H,9,10);3*3-4H,1-2H2;/q;3*-1;+3/t3-;;;;/m1..../s1. The van der Waals surface area contributed by atoms with Crippen LogP contribution in [-0.4, -0.2) is 83.0 Å².